The first-order chi connectivity index (χ1) is 14.6. The van der Waals surface area contributed by atoms with Gasteiger partial charge in [-0.3, -0.25) is 9.59 Å². The molecule has 0 spiro atoms. The number of nitrogens with one attached hydrogen (secondary N) is 2. The molecule has 1 heterocycles. The Kier molecular flexibility index (Phi) is 5.39. The first kappa shape index (κ1) is 19.1. The predicted octanol–water partition coefficient (Wildman–Crippen LogP) is 4.69. The molecule has 0 saturated carbocycles. The molecule has 30 heavy (non-hydrogen) atoms. The molecule has 6 nitrogen and oxygen atoms in total. The summed E-state index contributed by atoms with van der Waals surface area (Å²) in [4.78, 5) is 25.8. The first-order valence-electron chi connectivity index (χ1n) is 9.50. The predicted molar refractivity (Wildman–Crippen MR) is 117 cm³/mol. The molecular formula is C24H20N4O2. The largest absolute Gasteiger partial charge is 0.322 e. The second-order valence-electron chi connectivity index (χ2n) is 6.74. The molecule has 0 unspecified atom stereocenters. The number of amides is 2. The van der Waals surface area contributed by atoms with Crippen LogP contribution in [0.4, 0.5) is 11.5 Å². The van der Waals surface area contributed by atoms with Gasteiger partial charge in [0, 0.05) is 11.3 Å². The number of benzene rings is 3. The topological polar surface area (TPSA) is 76.0 Å². The van der Waals surface area contributed by atoms with Crippen LogP contribution in [0, 0.1) is 6.92 Å². The molecule has 148 valence electrons. The average Bonchev–Trinajstić information content (AvgIpc) is 3.20. The number of nitrogens with zero attached hydrogens (tertiary/aromatic N) is 2. The Bertz CT molecular complexity index is 1180. The Balaban J connectivity index is 1.71. The molecule has 0 aliphatic carbocycles. The van der Waals surface area contributed by atoms with Gasteiger partial charge >= 0.3 is 0 Å². The van der Waals surface area contributed by atoms with Crippen LogP contribution in [-0.4, -0.2) is 21.6 Å². The molecule has 0 atom stereocenters. The number of hydrogen-bond donors (Lipinski definition) is 2. The minimum atomic E-state index is -0.352. The highest BCUT2D eigenvalue weighted by Gasteiger charge is 2.21. The van der Waals surface area contributed by atoms with E-state index in [2.05, 4.69) is 15.7 Å². The maximum atomic E-state index is 13.0. The second kappa shape index (κ2) is 8.45. The quantitative estimate of drug-likeness (QED) is 0.514. The van der Waals surface area contributed by atoms with E-state index in [9.17, 15) is 9.59 Å². The summed E-state index contributed by atoms with van der Waals surface area (Å²) in [6, 6.07) is 25.7. The highest BCUT2D eigenvalue weighted by molar-refractivity contribution is 6.12. The molecule has 4 rings (SSSR count). The SMILES string of the molecule is Cc1ccccc1NC(=O)c1cnn(-c2ccccc2)c1NC(=O)c1ccccc1. The van der Waals surface area contributed by atoms with E-state index in [1.807, 2.05) is 67.6 Å². The van der Waals surface area contributed by atoms with Crippen LogP contribution >= 0.6 is 0 Å². The van der Waals surface area contributed by atoms with Crippen molar-refractivity contribution in [1.82, 2.24) is 9.78 Å². The number of rotatable bonds is 5. The van der Waals surface area contributed by atoms with E-state index in [1.165, 1.54) is 6.20 Å². The Labute approximate surface area is 174 Å². The van der Waals surface area contributed by atoms with Crippen molar-refractivity contribution in [3.8, 4) is 5.69 Å². The van der Waals surface area contributed by atoms with Gasteiger partial charge in [0.05, 0.1) is 11.9 Å². The van der Waals surface area contributed by atoms with Crippen LogP contribution in [-0.2, 0) is 0 Å². The molecule has 2 N–H and O–H groups in total. The lowest BCUT2D eigenvalue weighted by atomic mass is 10.2. The third kappa shape index (κ3) is 3.98. The summed E-state index contributed by atoms with van der Waals surface area (Å²) in [6.45, 7) is 1.92. The van der Waals surface area contributed by atoms with Gasteiger partial charge in [-0.25, -0.2) is 4.68 Å². The van der Waals surface area contributed by atoms with Crippen molar-refractivity contribution in [2.45, 2.75) is 6.92 Å². The highest BCUT2D eigenvalue weighted by atomic mass is 16.2. The molecule has 0 bridgehead atoms. The molecule has 4 aromatic rings. The van der Waals surface area contributed by atoms with Crippen molar-refractivity contribution in [3.05, 3.63) is 108 Å². The second-order valence-corrected chi connectivity index (χ2v) is 6.74. The smallest absolute Gasteiger partial charge is 0.261 e. The lowest BCUT2D eigenvalue weighted by Gasteiger charge is -2.12. The van der Waals surface area contributed by atoms with Gasteiger partial charge in [-0.2, -0.15) is 5.10 Å². The summed E-state index contributed by atoms with van der Waals surface area (Å²) < 4.78 is 1.55. The van der Waals surface area contributed by atoms with Gasteiger partial charge in [-0.15, -0.1) is 0 Å². The lowest BCUT2D eigenvalue weighted by Crippen LogP contribution is -2.19. The number of para-hydroxylation sites is 2. The van der Waals surface area contributed by atoms with Crippen molar-refractivity contribution in [3.63, 3.8) is 0 Å². The highest BCUT2D eigenvalue weighted by Crippen LogP contribution is 2.23. The molecule has 0 aliphatic rings. The molecule has 3 aromatic carbocycles. The Hall–Kier alpha value is -4.19. The number of aromatic nitrogens is 2. The zero-order valence-electron chi connectivity index (χ0n) is 16.4. The van der Waals surface area contributed by atoms with Crippen molar-refractivity contribution in [1.29, 1.82) is 0 Å². The lowest BCUT2D eigenvalue weighted by molar-refractivity contribution is 0.102. The van der Waals surface area contributed by atoms with Gasteiger partial charge in [0.15, 0.2) is 0 Å². The van der Waals surface area contributed by atoms with E-state index in [1.54, 1.807) is 28.9 Å². The third-order valence-electron chi connectivity index (χ3n) is 4.68. The van der Waals surface area contributed by atoms with Crippen molar-refractivity contribution < 1.29 is 9.59 Å². The fourth-order valence-electron chi connectivity index (χ4n) is 3.07. The Morgan fingerprint density at radius 3 is 2.10 bits per heavy atom. The molecule has 1 aromatic heterocycles. The maximum absolute atomic E-state index is 13.0. The van der Waals surface area contributed by atoms with E-state index < -0.39 is 0 Å². The molecule has 2 amide bonds. The molecule has 0 saturated heterocycles. The van der Waals surface area contributed by atoms with Crippen molar-refractivity contribution in [2.24, 2.45) is 0 Å². The van der Waals surface area contributed by atoms with Crippen LogP contribution in [0.15, 0.2) is 91.1 Å². The number of carbonyl (C=O) groups is 2. The van der Waals surface area contributed by atoms with E-state index in [-0.39, 0.29) is 17.4 Å². The number of aryl methyl sites for hydroxylation is 1. The fraction of sp³-hybridized carbons (Fsp3) is 0.0417. The molecule has 0 aliphatic heterocycles. The molecule has 6 heteroatoms. The van der Waals surface area contributed by atoms with Crippen molar-refractivity contribution >= 4 is 23.3 Å². The van der Waals surface area contributed by atoms with Gasteiger partial charge < -0.3 is 10.6 Å². The fourth-order valence-corrected chi connectivity index (χ4v) is 3.07. The molecular weight excluding hydrogens is 376 g/mol. The number of hydrogen-bond acceptors (Lipinski definition) is 3. The minimum absolute atomic E-state index is 0.270. The standard InChI is InChI=1S/C24H20N4O2/c1-17-10-8-9-15-21(17)26-24(30)20-16-25-28(19-13-6-3-7-14-19)22(20)27-23(29)18-11-4-2-5-12-18/h2-16H,1H3,(H,26,30)(H,27,29). The van der Waals surface area contributed by atoms with E-state index in [0.717, 1.165) is 11.3 Å². The van der Waals surface area contributed by atoms with Crippen LogP contribution in [0.1, 0.15) is 26.3 Å². The van der Waals surface area contributed by atoms with Crippen molar-refractivity contribution in [2.75, 3.05) is 10.6 Å². The number of anilines is 2. The molecule has 0 fully saturated rings. The summed E-state index contributed by atoms with van der Waals surface area (Å²) in [5.74, 6) is -0.366. The summed E-state index contributed by atoms with van der Waals surface area (Å²) >= 11 is 0. The Morgan fingerprint density at radius 1 is 0.767 bits per heavy atom. The van der Waals surface area contributed by atoms with Crippen LogP contribution < -0.4 is 10.6 Å². The summed E-state index contributed by atoms with van der Waals surface area (Å²) in [6.07, 6.45) is 1.46. The van der Waals surface area contributed by atoms with Gasteiger partial charge in [0.2, 0.25) is 0 Å². The van der Waals surface area contributed by atoms with Gasteiger partial charge in [-0.05, 0) is 42.8 Å². The Morgan fingerprint density at radius 2 is 1.40 bits per heavy atom. The zero-order valence-corrected chi connectivity index (χ0v) is 16.4. The number of carbonyl (C=O) groups excluding carboxylic acids is 2. The van der Waals surface area contributed by atoms with E-state index in [0.29, 0.717) is 17.1 Å². The van der Waals surface area contributed by atoms with Gasteiger partial charge in [-0.1, -0.05) is 54.6 Å². The minimum Gasteiger partial charge on any atom is -0.322 e. The van der Waals surface area contributed by atoms with Gasteiger partial charge in [0.1, 0.15) is 11.4 Å². The normalized spacial score (nSPS) is 10.4. The average molecular weight is 396 g/mol. The maximum Gasteiger partial charge on any atom is 0.261 e. The third-order valence-corrected chi connectivity index (χ3v) is 4.68. The molecule has 0 radical (unpaired) electrons. The van der Waals surface area contributed by atoms with Crippen LogP contribution in [0.5, 0.6) is 0 Å². The van der Waals surface area contributed by atoms with E-state index in [4.69, 9.17) is 0 Å². The first-order valence-corrected chi connectivity index (χ1v) is 9.50. The van der Waals surface area contributed by atoms with Crippen LogP contribution in [0.25, 0.3) is 5.69 Å². The summed E-state index contributed by atoms with van der Waals surface area (Å²) in [5.41, 5.74) is 3.14. The monoisotopic (exact) mass is 396 g/mol. The van der Waals surface area contributed by atoms with Gasteiger partial charge in [0.25, 0.3) is 11.8 Å². The van der Waals surface area contributed by atoms with Crippen LogP contribution in [0.2, 0.25) is 0 Å². The zero-order chi connectivity index (χ0) is 20.9. The van der Waals surface area contributed by atoms with E-state index >= 15 is 0 Å². The summed E-state index contributed by atoms with van der Waals surface area (Å²) in [5, 5.41) is 10.1. The van der Waals surface area contributed by atoms with Crippen LogP contribution in [0.3, 0.4) is 0 Å². The summed E-state index contributed by atoms with van der Waals surface area (Å²) in [7, 11) is 0.